The number of hydrogen-bond donors (Lipinski definition) is 3. The van der Waals surface area contributed by atoms with Crippen molar-refractivity contribution in [2.75, 3.05) is 0 Å². The average molecular weight is 309 g/mol. The lowest BCUT2D eigenvalue weighted by atomic mass is 9.84. The van der Waals surface area contributed by atoms with Crippen LogP contribution >= 0.6 is 0 Å². The van der Waals surface area contributed by atoms with Gasteiger partial charge < -0.3 is 15.5 Å². The lowest BCUT2D eigenvalue weighted by Gasteiger charge is -2.32. The van der Waals surface area contributed by atoms with Crippen LogP contribution in [-0.4, -0.2) is 22.2 Å². The zero-order valence-electron chi connectivity index (χ0n) is 13.9. The summed E-state index contributed by atoms with van der Waals surface area (Å²) < 4.78 is 0. The van der Waals surface area contributed by atoms with Gasteiger partial charge in [0.1, 0.15) is 0 Å². The van der Waals surface area contributed by atoms with E-state index in [-0.39, 0.29) is 29.4 Å². The van der Waals surface area contributed by atoms with Crippen LogP contribution in [0.15, 0.2) is 22.5 Å². The molecule has 0 amide bonds. The fourth-order valence-electron chi connectivity index (χ4n) is 3.14. The first kappa shape index (κ1) is 18.3. The highest BCUT2D eigenvalue weighted by Gasteiger charge is 2.32. The summed E-state index contributed by atoms with van der Waals surface area (Å²) in [5.74, 6) is -1.83. The highest BCUT2D eigenvalue weighted by molar-refractivity contribution is 5.95. The first-order chi connectivity index (χ1) is 10.4. The molecule has 1 rings (SSSR count). The number of allylic oxidation sites excluding steroid dienone is 2. The molecule has 0 fully saturated rings. The van der Waals surface area contributed by atoms with Crippen LogP contribution in [0.1, 0.15) is 59.8 Å². The summed E-state index contributed by atoms with van der Waals surface area (Å²) in [6.45, 7) is 8.09. The summed E-state index contributed by atoms with van der Waals surface area (Å²) >= 11 is 0. The van der Waals surface area contributed by atoms with Crippen molar-refractivity contribution < 1.29 is 19.8 Å². The molecule has 0 unspecified atom stereocenters. The first-order valence-corrected chi connectivity index (χ1v) is 8.10. The van der Waals surface area contributed by atoms with Gasteiger partial charge >= 0.3 is 11.9 Å². The number of dihydropyridines is 1. The Morgan fingerprint density at radius 1 is 0.864 bits per heavy atom. The molecule has 22 heavy (non-hydrogen) atoms. The van der Waals surface area contributed by atoms with Crippen molar-refractivity contribution in [2.24, 2.45) is 11.8 Å². The minimum absolute atomic E-state index is 0.00463. The maximum Gasteiger partial charge on any atom is 0.333 e. The topological polar surface area (TPSA) is 86.6 Å². The Kier molecular flexibility index (Phi) is 6.65. The van der Waals surface area contributed by atoms with Gasteiger partial charge in [-0.25, -0.2) is 9.59 Å². The monoisotopic (exact) mass is 309 g/mol. The lowest BCUT2D eigenvalue weighted by molar-refractivity contribution is -0.133. The minimum Gasteiger partial charge on any atom is -0.478 e. The van der Waals surface area contributed by atoms with Crippen LogP contribution in [0.3, 0.4) is 0 Å². The second-order valence-corrected chi connectivity index (χ2v) is 5.72. The molecule has 5 nitrogen and oxygen atoms in total. The van der Waals surface area contributed by atoms with Crippen molar-refractivity contribution in [2.45, 2.75) is 59.8 Å². The molecule has 5 heteroatoms. The van der Waals surface area contributed by atoms with Gasteiger partial charge in [-0.1, -0.05) is 27.7 Å². The van der Waals surface area contributed by atoms with Crippen LogP contribution in [-0.2, 0) is 9.59 Å². The summed E-state index contributed by atoms with van der Waals surface area (Å²) in [7, 11) is 0. The Labute approximate surface area is 132 Å². The number of carboxylic acids is 2. The molecule has 3 N–H and O–H groups in total. The summed E-state index contributed by atoms with van der Waals surface area (Å²) in [5, 5.41) is 22.2. The maximum absolute atomic E-state index is 11.6. The summed E-state index contributed by atoms with van der Waals surface area (Å²) in [5.41, 5.74) is 1.79. The van der Waals surface area contributed by atoms with E-state index in [1.807, 2.05) is 27.7 Å². The quantitative estimate of drug-likeness (QED) is 0.638. The van der Waals surface area contributed by atoms with Gasteiger partial charge in [-0.3, -0.25) is 0 Å². The van der Waals surface area contributed by atoms with Gasteiger partial charge in [-0.2, -0.15) is 0 Å². The van der Waals surface area contributed by atoms with E-state index in [9.17, 15) is 19.8 Å². The fraction of sp³-hybridized carbons (Fsp3) is 0.647. The smallest absolute Gasteiger partial charge is 0.333 e. The third kappa shape index (κ3) is 3.70. The molecule has 1 aliphatic heterocycles. The molecule has 0 radical (unpaired) electrons. The summed E-state index contributed by atoms with van der Waals surface area (Å²) in [4.78, 5) is 23.1. The number of carbonyl (C=O) groups is 2. The van der Waals surface area contributed by atoms with Crippen LogP contribution in [0, 0.1) is 11.8 Å². The first-order valence-electron chi connectivity index (χ1n) is 8.10. The van der Waals surface area contributed by atoms with Crippen LogP contribution in [0.2, 0.25) is 0 Å². The molecule has 1 aliphatic rings. The number of aliphatic carboxylic acids is 2. The van der Waals surface area contributed by atoms with Crippen molar-refractivity contribution in [3.63, 3.8) is 0 Å². The Bertz CT molecular complexity index is 453. The third-order valence-corrected chi connectivity index (χ3v) is 4.58. The Morgan fingerprint density at radius 2 is 1.18 bits per heavy atom. The third-order valence-electron chi connectivity index (χ3n) is 4.58. The van der Waals surface area contributed by atoms with Crippen LogP contribution < -0.4 is 5.32 Å². The van der Waals surface area contributed by atoms with E-state index in [0.717, 1.165) is 25.7 Å². The number of rotatable bonds is 8. The molecule has 0 saturated carbocycles. The van der Waals surface area contributed by atoms with Crippen LogP contribution in [0.25, 0.3) is 0 Å². The zero-order valence-corrected chi connectivity index (χ0v) is 13.9. The Hall–Kier alpha value is -1.78. The predicted molar refractivity (Wildman–Crippen MR) is 85.2 cm³/mol. The lowest BCUT2D eigenvalue weighted by Crippen LogP contribution is -2.33. The zero-order chi connectivity index (χ0) is 16.9. The Morgan fingerprint density at radius 3 is 1.41 bits per heavy atom. The standard InChI is InChI=1S/C17H27NO4/c1-5-10(6-2)14-12(16(19)20)9-13(17(21)22)15(18-14)11(7-3)8-4/h10-11,18H,5-9H2,1-4H3,(H,19,20)(H,21,22). The molecule has 0 aromatic heterocycles. The molecule has 0 saturated heterocycles. The van der Waals surface area contributed by atoms with Gasteiger partial charge in [-0.15, -0.1) is 0 Å². The molecular weight excluding hydrogens is 282 g/mol. The number of carboxylic acid groups (broad SMARTS) is 2. The normalized spacial score (nSPS) is 15.5. The fourth-order valence-corrected chi connectivity index (χ4v) is 3.14. The molecule has 0 bridgehead atoms. The highest BCUT2D eigenvalue weighted by Crippen LogP contribution is 2.34. The van der Waals surface area contributed by atoms with Gasteiger partial charge in [0.05, 0.1) is 11.1 Å². The van der Waals surface area contributed by atoms with Crippen molar-refractivity contribution in [1.29, 1.82) is 0 Å². The van der Waals surface area contributed by atoms with E-state index in [4.69, 9.17) is 0 Å². The van der Waals surface area contributed by atoms with Gasteiger partial charge in [0.15, 0.2) is 0 Å². The van der Waals surface area contributed by atoms with E-state index in [0.29, 0.717) is 11.4 Å². The SMILES string of the molecule is CCC(CC)C1=C(C(=O)O)CC(C(=O)O)=C(C(CC)CC)N1. The van der Waals surface area contributed by atoms with E-state index < -0.39 is 11.9 Å². The number of hydrogen-bond acceptors (Lipinski definition) is 3. The highest BCUT2D eigenvalue weighted by atomic mass is 16.4. The average Bonchev–Trinajstić information content (AvgIpc) is 2.49. The van der Waals surface area contributed by atoms with Gasteiger partial charge in [0.25, 0.3) is 0 Å². The molecule has 0 aliphatic carbocycles. The van der Waals surface area contributed by atoms with Crippen molar-refractivity contribution in [3.8, 4) is 0 Å². The molecule has 0 aromatic rings. The van der Waals surface area contributed by atoms with E-state index in [1.54, 1.807) is 0 Å². The largest absolute Gasteiger partial charge is 0.478 e. The van der Waals surface area contributed by atoms with E-state index in [2.05, 4.69) is 5.32 Å². The molecule has 0 aromatic carbocycles. The molecule has 0 atom stereocenters. The van der Waals surface area contributed by atoms with E-state index >= 15 is 0 Å². The van der Waals surface area contributed by atoms with Crippen molar-refractivity contribution in [1.82, 2.24) is 5.32 Å². The van der Waals surface area contributed by atoms with Crippen LogP contribution in [0.5, 0.6) is 0 Å². The molecule has 1 heterocycles. The molecular formula is C17H27NO4. The molecule has 0 spiro atoms. The summed E-state index contributed by atoms with van der Waals surface area (Å²) in [6.07, 6.45) is 3.31. The molecule has 124 valence electrons. The van der Waals surface area contributed by atoms with E-state index in [1.165, 1.54) is 0 Å². The maximum atomic E-state index is 11.6. The van der Waals surface area contributed by atoms with Crippen molar-refractivity contribution >= 4 is 11.9 Å². The Balaban J connectivity index is 3.36. The van der Waals surface area contributed by atoms with Gasteiger partial charge in [-0.05, 0) is 37.5 Å². The van der Waals surface area contributed by atoms with Crippen molar-refractivity contribution in [3.05, 3.63) is 22.5 Å². The number of nitrogens with one attached hydrogen (secondary N) is 1. The van der Waals surface area contributed by atoms with Gasteiger partial charge in [0.2, 0.25) is 0 Å². The van der Waals surface area contributed by atoms with Crippen LogP contribution in [0.4, 0.5) is 0 Å². The second-order valence-electron chi connectivity index (χ2n) is 5.72. The van der Waals surface area contributed by atoms with Gasteiger partial charge in [0, 0.05) is 17.8 Å². The second kappa shape index (κ2) is 8.01. The minimum atomic E-state index is -1.03. The summed E-state index contributed by atoms with van der Waals surface area (Å²) in [6, 6.07) is 0. The predicted octanol–water partition coefficient (Wildman–Crippen LogP) is 3.53.